The van der Waals surface area contributed by atoms with Crippen LogP contribution in [0, 0.1) is 11.3 Å². The minimum Gasteiger partial charge on any atom is -0.480 e. The molecule has 9 heteroatoms. The maximum absolute atomic E-state index is 12.8. The number of sulfonamides is 1. The van der Waals surface area contributed by atoms with Crippen LogP contribution in [-0.4, -0.2) is 20.5 Å². The fourth-order valence-electron chi connectivity index (χ4n) is 2.62. The number of alkyl halides is 2. The van der Waals surface area contributed by atoms with Gasteiger partial charge in [0, 0.05) is 11.1 Å². The van der Waals surface area contributed by atoms with Crippen LogP contribution in [0.4, 0.5) is 14.5 Å². The average molecular weight is 415 g/mol. The molecular weight excluding hydrogens is 400 g/mol. The van der Waals surface area contributed by atoms with E-state index in [9.17, 15) is 22.5 Å². The van der Waals surface area contributed by atoms with E-state index in [1.807, 2.05) is 6.07 Å². The molecule has 148 valence electrons. The normalized spacial score (nSPS) is 11.1. The van der Waals surface area contributed by atoms with Gasteiger partial charge in [-0.25, -0.2) is 22.2 Å². The SMILES string of the molecule is COc1nc(-c2ccc(C(F)F)cc2)c(NS(=O)(=O)c2ccccc2)cc1C#N. The Morgan fingerprint density at radius 2 is 1.76 bits per heavy atom. The molecular formula is C20H15F2N3O3S. The quantitative estimate of drug-likeness (QED) is 0.646. The van der Waals surface area contributed by atoms with Gasteiger partial charge in [0.05, 0.1) is 23.4 Å². The molecule has 0 aliphatic carbocycles. The van der Waals surface area contributed by atoms with Crippen LogP contribution < -0.4 is 9.46 Å². The highest BCUT2D eigenvalue weighted by Gasteiger charge is 2.20. The number of anilines is 1. The molecule has 0 radical (unpaired) electrons. The first-order valence-electron chi connectivity index (χ1n) is 8.31. The number of methoxy groups -OCH3 is 1. The van der Waals surface area contributed by atoms with Crippen molar-refractivity contribution in [2.75, 3.05) is 11.8 Å². The standard InChI is InChI=1S/C20H15F2N3O3S/c1-28-20-15(12-23)11-17(25-29(26,27)16-5-3-2-4-6-16)18(24-20)13-7-9-14(10-8-13)19(21)22/h2-11,19,25H,1H3. The maximum atomic E-state index is 12.8. The molecule has 1 N–H and O–H groups in total. The summed E-state index contributed by atoms with van der Waals surface area (Å²) in [6, 6.07) is 16.1. The van der Waals surface area contributed by atoms with Crippen LogP contribution in [0.15, 0.2) is 65.6 Å². The lowest BCUT2D eigenvalue weighted by atomic mass is 10.1. The Balaban J connectivity index is 2.13. The van der Waals surface area contributed by atoms with Gasteiger partial charge in [-0.05, 0) is 18.2 Å². The van der Waals surface area contributed by atoms with Crippen LogP contribution in [0.25, 0.3) is 11.3 Å². The first kappa shape index (κ1) is 20.2. The van der Waals surface area contributed by atoms with Crippen molar-refractivity contribution < 1.29 is 21.9 Å². The zero-order valence-electron chi connectivity index (χ0n) is 15.1. The molecule has 0 aliphatic heterocycles. The third kappa shape index (κ3) is 4.33. The van der Waals surface area contributed by atoms with Crippen LogP contribution in [0.2, 0.25) is 0 Å². The largest absolute Gasteiger partial charge is 0.480 e. The van der Waals surface area contributed by atoms with Gasteiger partial charge in [-0.15, -0.1) is 0 Å². The highest BCUT2D eigenvalue weighted by Crippen LogP contribution is 2.33. The van der Waals surface area contributed by atoms with Crippen LogP contribution in [0.5, 0.6) is 5.88 Å². The van der Waals surface area contributed by atoms with Gasteiger partial charge in [-0.3, -0.25) is 4.72 Å². The van der Waals surface area contributed by atoms with E-state index in [0.717, 1.165) is 0 Å². The number of nitrogens with zero attached hydrogens (tertiary/aromatic N) is 2. The molecule has 3 aromatic rings. The summed E-state index contributed by atoms with van der Waals surface area (Å²) >= 11 is 0. The number of hydrogen-bond donors (Lipinski definition) is 1. The Kier molecular flexibility index (Phi) is 5.75. The number of rotatable bonds is 6. The Bertz CT molecular complexity index is 1160. The van der Waals surface area contributed by atoms with Gasteiger partial charge in [0.1, 0.15) is 11.6 Å². The van der Waals surface area contributed by atoms with Gasteiger partial charge in [0.25, 0.3) is 16.4 Å². The molecule has 0 fully saturated rings. The molecule has 0 atom stereocenters. The molecule has 0 bridgehead atoms. The van der Waals surface area contributed by atoms with Gasteiger partial charge >= 0.3 is 0 Å². The van der Waals surface area contributed by atoms with Crippen molar-refractivity contribution >= 4 is 15.7 Å². The summed E-state index contributed by atoms with van der Waals surface area (Å²) in [6.45, 7) is 0. The minimum atomic E-state index is -3.97. The van der Waals surface area contributed by atoms with Crippen LogP contribution in [0.1, 0.15) is 17.6 Å². The molecule has 0 saturated heterocycles. The second kappa shape index (κ2) is 8.24. The van der Waals surface area contributed by atoms with E-state index in [1.165, 1.54) is 49.6 Å². The Morgan fingerprint density at radius 1 is 1.10 bits per heavy atom. The molecule has 2 aromatic carbocycles. The number of benzene rings is 2. The Hall–Kier alpha value is -3.51. The first-order valence-corrected chi connectivity index (χ1v) is 9.79. The number of nitriles is 1. The highest BCUT2D eigenvalue weighted by molar-refractivity contribution is 7.92. The molecule has 1 aromatic heterocycles. The maximum Gasteiger partial charge on any atom is 0.263 e. The van der Waals surface area contributed by atoms with Crippen molar-refractivity contribution in [1.29, 1.82) is 5.26 Å². The van der Waals surface area contributed by atoms with E-state index < -0.39 is 16.4 Å². The number of halogens is 2. The molecule has 1 heterocycles. The van der Waals surface area contributed by atoms with E-state index >= 15 is 0 Å². The summed E-state index contributed by atoms with van der Waals surface area (Å²) in [5.74, 6) is -0.0110. The number of hydrogen-bond acceptors (Lipinski definition) is 5. The second-order valence-corrected chi connectivity index (χ2v) is 7.58. The van der Waals surface area contributed by atoms with Gasteiger partial charge in [0.2, 0.25) is 5.88 Å². The van der Waals surface area contributed by atoms with Crippen molar-refractivity contribution in [2.45, 2.75) is 11.3 Å². The van der Waals surface area contributed by atoms with Gasteiger partial charge < -0.3 is 4.74 Å². The fraction of sp³-hybridized carbons (Fsp3) is 0.100. The number of ether oxygens (including phenoxy) is 1. The predicted molar refractivity (Wildman–Crippen MR) is 103 cm³/mol. The molecule has 0 spiro atoms. The topological polar surface area (TPSA) is 92.1 Å². The zero-order valence-corrected chi connectivity index (χ0v) is 16.0. The van der Waals surface area contributed by atoms with E-state index in [-0.39, 0.29) is 33.3 Å². The van der Waals surface area contributed by atoms with E-state index in [4.69, 9.17) is 4.74 Å². The lowest BCUT2D eigenvalue weighted by Gasteiger charge is -2.15. The molecule has 6 nitrogen and oxygen atoms in total. The second-order valence-electron chi connectivity index (χ2n) is 5.89. The van der Waals surface area contributed by atoms with Gasteiger partial charge in [-0.1, -0.05) is 42.5 Å². The zero-order chi connectivity index (χ0) is 21.0. The van der Waals surface area contributed by atoms with E-state index in [2.05, 4.69) is 9.71 Å². The van der Waals surface area contributed by atoms with Crippen molar-refractivity contribution in [3.05, 3.63) is 71.8 Å². The molecule has 0 aliphatic rings. The van der Waals surface area contributed by atoms with Gasteiger partial charge in [-0.2, -0.15) is 5.26 Å². The number of nitrogens with one attached hydrogen (secondary N) is 1. The van der Waals surface area contributed by atoms with Crippen molar-refractivity contribution in [1.82, 2.24) is 4.98 Å². The van der Waals surface area contributed by atoms with Crippen molar-refractivity contribution in [3.63, 3.8) is 0 Å². The summed E-state index contributed by atoms with van der Waals surface area (Å²) in [6.07, 6.45) is -2.64. The minimum absolute atomic E-state index is 0.0110. The monoisotopic (exact) mass is 415 g/mol. The van der Waals surface area contributed by atoms with Crippen LogP contribution in [0.3, 0.4) is 0 Å². The third-order valence-electron chi connectivity index (χ3n) is 4.04. The highest BCUT2D eigenvalue weighted by atomic mass is 32.2. The van der Waals surface area contributed by atoms with Crippen LogP contribution in [-0.2, 0) is 10.0 Å². The molecule has 29 heavy (non-hydrogen) atoms. The molecule has 0 amide bonds. The smallest absolute Gasteiger partial charge is 0.263 e. The van der Waals surface area contributed by atoms with Crippen molar-refractivity contribution in [3.8, 4) is 23.2 Å². The Labute approximate surface area is 166 Å². The molecule has 0 unspecified atom stereocenters. The summed E-state index contributed by atoms with van der Waals surface area (Å²) < 4.78 is 58.7. The predicted octanol–water partition coefficient (Wildman–Crippen LogP) is 4.37. The fourth-order valence-corrected chi connectivity index (χ4v) is 3.70. The summed E-state index contributed by atoms with van der Waals surface area (Å²) in [5, 5.41) is 9.32. The van der Waals surface area contributed by atoms with Crippen molar-refractivity contribution in [2.24, 2.45) is 0 Å². The van der Waals surface area contributed by atoms with Crippen LogP contribution >= 0.6 is 0 Å². The van der Waals surface area contributed by atoms with Gasteiger partial charge in [0.15, 0.2) is 0 Å². The molecule has 3 rings (SSSR count). The summed E-state index contributed by atoms with van der Waals surface area (Å²) in [7, 11) is -2.65. The average Bonchev–Trinajstić information content (AvgIpc) is 2.74. The van der Waals surface area contributed by atoms with E-state index in [0.29, 0.717) is 5.56 Å². The first-order chi connectivity index (χ1) is 13.9. The summed E-state index contributed by atoms with van der Waals surface area (Å²) in [5.41, 5.74) is 0.382. The Morgan fingerprint density at radius 3 is 2.31 bits per heavy atom. The lowest BCUT2D eigenvalue weighted by Crippen LogP contribution is -2.14. The number of aromatic nitrogens is 1. The third-order valence-corrected chi connectivity index (χ3v) is 5.42. The lowest BCUT2D eigenvalue weighted by molar-refractivity contribution is 0.151. The molecule has 0 saturated carbocycles. The summed E-state index contributed by atoms with van der Waals surface area (Å²) in [4.78, 5) is 4.25. The number of pyridine rings is 1. The van der Waals surface area contributed by atoms with E-state index in [1.54, 1.807) is 18.2 Å².